The fourth-order valence-electron chi connectivity index (χ4n) is 2.33. The van der Waals surface area contributed by atoms with Gasteiger partial charge in [0.25, 0.3) is 0 Å². The summed E-state index contributed by atoms with van der Waals surface area (Å²) in [5.74, 6) is 0. The Morgan fingerprint density at radius 1 is 1.05 bits per heavy atom. The van der Waals surface area contributed by atoms with E-state index in [9.17, 15) is 0 Å². The molecule has 1 heterocycles. The minimum atomic E-state index is 0.195. The van der Waals surface area contributed by atoms with Gasteiger partial charge in [0, 0.05) is 5.56 Å². The van der Waals surface area contributed by atoms with Crippen LogP contribution in [-0.2, 0) is 5.41 Å². The van der Waals surface area contributed by atoms with Crippen molar-refractivity contribution in [3.63, 3.8) is 0 Å². The molecule has 0 bridgehead atoms. The van der Waals surface area contributed by atoms with E-state index in [2.05, 4.69) is 57.3 Å². The zero-order chi connectivity index (χ0) is 14.6. The van der Waals surface area contributed by atoms with Gasteiger partial charge in [-0.05, 0) is 35.6 Å². The summed E-state index contributed by atoms with van der Waals surface area (Å²) in [5, 5.41) is 3.59. The van der Waals surface area contributed by atoms with Crippen LogP contribution in [0, 0.1) is 0 Å². The van der Waals surface area contributed by atoms with Gasteiger partial charge in [-0.2, -0.15) is 0 Å². The second-order valence-corrected chi connectivity index (χ2v) is 6.32. The van der Waals surface area contributed by atoms with E-state index in [1.165, 1.54) is 16.7 Å². The summed E-state index contributed by atoms with van der Waals surface area (Å²) in [7, 11) is 0. The van der Waals surface area contributed by atoms with E-state index in [0.717, 1.165) is 13.0 Å². The molecule has 0 saturated heterocycles. The average Bonchev–Trinajstić information content (AvgIpc) is 2.93. The van der Waals surface area contributed by atoms with Crippen LogP contribution >= 0.6 is 0 Å². The third-order valence-electron chi connectivity index (χ3n) is 3.59. The highest BCUT2D eigenvalue weighted by atomic mass is 16.3. The highest BCUT2D eigenvalue weighted by Crippen LogP contribution is 2.27. The summed E-state index contributed by atoms with van der Waals surface area (Å²) in [6.07, 6.45) is 4.68. The molecule has 1 unspecified atom stereocenters. The van der Waals surface area contributed by atoms with E-state index >= 15 is 0 Å². The lowest BCUT2D eigenvalue weighted by molar-refractivity contribution is 0.547. The molecule has 1 aromatic heterocycles. The van der Waals surface area contributed by atoms with Crippen LogP contribution in [0.4, 0.5) is 0 Å². The van der Waals surface area contributed by atoms with E-state index in [4.69, 9.17) is 4.42 Å². The van der Waals surface area contributed by atoms with Crippen molar-refractivity contribution < 1.29 is 4.42 Å². The molecule has 1 N–H and O–H groups in total. The fourth-order valence-corrected chi connectivity index (χ4v) is 2.33. The van der Waals surface area contributed by atoms with Crippen molar-refractivity contribution >= 4 is 0 Å². The predicted molar refractivity (Wildman–Crippen MR) is 84.0 cm³/mol. The molecule has 0 fully saturated rings. The van der Waals surface area contributed by atoms with Crippen molar-refractivity contribution in [3.8, 4) is 0 Å². The first-order valence-electron chi connectivity index (χ1n) is 7.38. The molecule has 0 saturated carbocycles. The van der Waals surface area contributed by atoms with Gasteiger partial charge >= 0.3 is 0 Å². The molecule has 2 aromatic rings. The average molecular weight is 271 g/mol. The topological polar surface area (TPSA) is 25.2 Å². The Labute approximate surface area is 122 Å². The Morgan fingerprint density at radius 3 is 2.25 bits per heavy atom. The van der Waals surface area contributed by atoms with Crippen molar-refractivity contribution in [2.45, 2.75) is 45.6 Å². The number of benzene rings is 1. The Kier molecular flexibility index (Phi) is 4.66. The first-order valence-corrected chi connectivity index (χ1v) is 7.38. The van der Waals surface area contributed by atoms with Crippen LogP contribution < -0.4 is 5.32 Å². The molecule has 0 spiro atoms. The van der Waals surface area contributed by atoms with Crippen LogP contribution in [0.25, 0.3) is 0 Å². The molecular formula is C18H25NO. The van der Waals surface area contributed by atoms with Gasteiger partial charge in [-0.15, -0.1) is 0 Å². The molecule has 0 aliphatic carbocycles. The van der Waals surface area contributed by atoms with Gasteiger partial charge < -0.3 is 9.73 Å². The maximum absolute atomic E-state index is 5.23. The van der Waals surface area contributed by atoms with Crippen molar-refractivity contribution in [1.29, 1.82) is 0 Å². The Bertz CT molecular complexity index is 505. The maximum Gasteiger partial charge on any atom is 0.0953 e. The molecule has 2 heteroatoms. The highest BCUT2D eigenvalue weighted by Gasteiger charge is 2.17. The summed E-state index contributed by atoms with van der Waals surface area (Å²) in [6.45, 7) is 9.90. The Morgan fingerprint density at radius 2 is 1.75 bits per heavy atom. The maximum atomic E-state index is 5.23. The molecular weight excluding hydrogens is 246 g/mol. The van der Waals surface area contributed by atoms with Gasteiger partial charge in [-0.25, -0.2) is 0 Å². The molecule has 2 nitrogen and oxygen atoms in total. The molecule has 0 aliphatic heterocycles. The summed E-state index contributed by atoms with van der Waals surface area (Å²) in [4.78, 5) is 0. The molecule has 1 aromatic carbocycles. The van der Waals surface area contributed by atoms with Gasteiger partial charge in [0.05, 0.1) is 18.6 Å². The number of hydrogen-bond donors (Lipinski definition) is 1. The Hall–Kier alpha value is -1.54. The van der Waals surface area contributed by atoms with Gasteiger partial charge in [-0.3, -0.25) is 0 Å². The van der Waals surface area contributed by atoms with Gasteiger partial charge in [0.2, 0.25) is 0 Å². The normalized spacial score (nSPS) is 13.4. The predicted octanol–water partition coefficient (Wildman–Crippen LogP) is 4.67. The molecule has 1 atom stereocenters. The van der Waals surface area contributed by atoms with Gasteiger partial charge in [0.1, 0.15) is 0 Å². The first-order chi connectivity index (χ1) is 9.52. The van der Waals surface area contributed by atoms with Crippen LogP contribution in [0.2, 0.25) is 0 Å². The summed E-state index contributed by atoms with van der Waals surface area (Å²) in [5.41, 5.74) is 4.03. The summed E-state index contributed by atoms with van der Waals surface area (Å²) < 4.78 is 5.23. The minimum absolute atomic E-state index is 0.195. The molecule has 2 rings (SSSR count). The fraction of sp³-hybridized carbons (Fsp3) is 0.444. The molecule has 0 amide bonds. The van der Waals surface area contributed by atoms with Crippen molar-refractivity contribution in [2.75, 3.05) is 6.54 Å². The van der Waals surface area contributed by atoms with Crippen molar-refractivity contribution in [3.05, 3.63) is 59.5 Å². The highest BCUT2D eigenvalue weighted by molar-refractivity contribution is 5.34. The third-order valence-corrected chi connectivity index (χ3v) is 3.59. The monoisotopic (exact) mass is 271 g/mol. The Balaban J connectivity index is 2.25. The van der Waals surface area contributed by atoms with E-state index in [-0.39, 0.29) is 11.5 Å². The lowest BCUT2D eigenvalue weighted by Gasteiger charge is -2.22. The smallest absolute Gasteiger partial charge is 0.0953 e. The second kappa shape index (κ2) is 6.27. The number of furan rings is 1. The van der Waals surface area contributed by atoms with Crippen LogP contribution in [0.15, 0.2) is 47.3 Å². The van der Waals surface area contributed by atoms with E-state index in [1.807, 2.05) is 12.3 Å². The first kappa shape index (κ1) is 14.9. The third kappa shape index (κ3) is 3.51. The lowest BCUT2D eigenvalue weighted by Crippen LogP contribution is -2.23. The SMILES string of the molecule is CCCNC(c1ccc(C(C)(C)C)cc1)c1ccoc1. The van der Waals surface area contributed by atoms with Crippen molar-refractivity contribution in [1.82, 2.24) is 5.32 Å². The standard InChI is InChI=1S/C18H25NO/c1-5-11-19-17(15-10-12-20-13-15)14-6-8-16(9-7-14)18(2,3)4/h6-10,12-13,17,19H,5,11H2,1-4H3. The molecule has 108 valence electrons. The number of nitrogens with one attached hydrogen (secondary N) is 1. The molecule has 0 radical (unpaired) electrons. The van der Waals surface area contributed by atoms with Gasteiger partial charge in [0.15, 0.2) is 0 Å². The molecule has 20 heavy (non-hydrogen) atoms. The van der Waals surface area contributed by atoms with Crippen LogP contribution in [0.1, 0.15) is 56.8 Å². The quantitative estimate of drug-likeness (QED) is 0.855. The minimum Gasteiger partial charge on any atom is -0.472 e. The molecule has 0 aliphatic rings. The largest absolute Gasteiger partial charge is 0.472 e. The lowest BCUT2D eigenvalue weighted by atomic mass is 9.86. The van der Waals surface area contributed by atoms with Crippen molar-refractivity contribution in [2.24, 2.45) is 0 Å². The van der Waals surface area contributed by atoms with E-state index in [1.54, 1.807) is 6.26 Å². The number of hydrogen-bond acceptors (Lipinski definition) is 2. The zero-order valence-corrected chi connectivity index (χ0v) is 12.9. The van der Waals surface area contributed by atoms with E-state index < -0.39 is 0 Å². The zero-order valence-electron chi connectivity index (χ0n) is 12.9. The van der Waals surface area contributed by atoms with Crippen LogP contribution in [0.3, 0.4) is 0 Å². The van der Waals surface area contributed by atoms with Gasteiger partial charge in [-0.1, -0.05) is 52.0 Å². The summed E-state index contributed by atoms with van der Waals surface area (Å²) >= 11 is 0. The second-order valence-electron chi connectivity index (χ2n) is 6.32. The summed E-state index contributed by atoms with van der Waals surface area (Å²) in [6, 6.07) is 11.2. The van der Waals surface area contributed by atoms with Crippen LogP contribution in [0.5, 0.6) is 0 Å². The van der Waals surface area contributed by atoms with E-state index in [0.29, 0.717) is 0 Å². The van der Waals surface area contributed by atoms with Crippen LogP contribution in [-0.4, -0.2) is 6.54 Å². The number of rotatable bonds is 5.